The number of aromatic amines is 1. The second-order valence-electron chi connectivity index (χ2n) is 5.72. The Morgan fingerprint density at radius 2 is 1.96 bits per heavy atom. The van der Waals surface area contributed by atoms with E-state index in [1.54, 1.807) is 18.2 Å². The zero-order chi connectivity index (χ0) is 17.6. The van der Waals surface area contributed by atoms with Gasteiger partial charge in [0.25, 0.3) is 5.91 Å². The fraction of sp³-hybridized carbons (Fsp3) is 0.333. The molecule has 1 amide bonds. The molecule has 0 bridgehead atoms. The predicted molar refractivity (Wildman–Crippen MR) is 79.9 cm³/mol. The number of likely N-dealkylation sites (tertiary alicyclic amines) is 1. The van der Waals surface area contributed by atoms with E-state index in [2.05, 4.69) is 4.98 Å². The van der Waals surface area contributed by atoms with Crippen molar-refractivity contribution in [2.75, 3.05) is 13.1 Å². The molecule has 0 spiro atoms. The minimum atomic E-state index is -4.67. The molecular formula is C15H12ClF3N2O3. The summed E-state index contributed by atoms with van der Waals surface area (Å²) < 4.78 is 39.0. The first-order valence-electron chi connectivity index (χ1n) is 7.04. The highest BCUT2D eigenvalue weighted by Gasteiger charge is 2.53. The van der Waals surface area contributed by atoms with Crippen molar-refractivity contribution in [1.29, 1.82) is 0 Å². The summed E-state index contributed by atoms with van der Waals surface area (Å²) in [6.45, 7) is -1.15. The lowest BCUT2D eigenvalue weighted by Crippen LogP contribution is -2.34. The quantitative estimate of drug-likeness (QED) is 0.864. The smallest absolute Gasteiger partial charge is 0.394 e. The van der Waals surface area contributed by atoms with E-state index in [1.807, 2.05) is 0 Å². The maximum absolute atomic E-state index is 13.0. The van der Waals surface area contributed by atoms with E-state index in [9.17, 15) is 22.8 Å². The molecular weight excluding hydrogens is 349 g/mol. The van der Waals surface area contributed by atoms with Gasteiger partial charge in [0.2, 0.25) is 0 Å². The Kier molecular flexibility index (Phi) is 3.95. The molecule has 24 heavy (non-hydrogen) atoms. The van der Waals surface area contributed by atoms with E-state index in [-0.39, 0.29) is 5.69 Å². The minimum Gasteiger partial charge on any atom is -0.481 e. The number of aromatic nitrogens is 1. The van der Waals surface area contributed by atoms with Gasteiger partial charge in [0, 0.05) is 29.0 Å². The third kappa shape index (κ3) is 2.93. The molecule has 1 fully saturated rings. The molecule has 1 aliphatic rings. The fourth-order valence-corrected chi connectivity index (χ4v) is 3.11. The number of alkyl halides is 3. The normalized spacial score (nSPS) is 21.4. The number of carboxylic acids is 1. The van der Waals surface area contributed by atoms with Gasteiger partial charge in [-0.2, -0.15) is 13.2 Å². The first-order chi connectivity index (χ1) is 11.2. The lowest BCUT2D eigenvalue weighted by atomic mass is 9.96. The Balaban J connectivity index is 1.87. The lowest BCUT2D eigenvalue weighted by molar-refractivity contribution is -0.187. The van der Waals surface area contributed by atoms with Crippen LogP contribution in [0.15, 0.2) is 24.3 Å². The molecule has 0 radical (unpaired) electrons. The number of carboxylic acid groups (broad SMARTS) is 1. The van der Waals surface area contributed by atoms with Crippen molar-refractivity contribution < 1.29 is 27.9 Å². The van der Waals surface area contributed by atoms with Crippen LogP contribution in [0.25, 0.3) is 10.9 Å². The number of nitrogens with zero attached hydrogens (tertiary/aromatic N) is 1. The number of carbonyl (C=O) groups is 2. The Labute approximate surface area is 139 Å². The van der Waals surface area contributed by atoms with Crippen LogP contribution in [0.4, 0.5) is 13.2 Å². The third-order valence-corrected chi connectivity index (χ3v) is 4.39. The Bertz CT molecular complexity index is 818. The van der Waals surface area contributed by atoms with Gasteiger partial charge < -0.3 is 15.0 Å². The number of amides is 1. The molecule has 2 atom stereocenters. The van der Waals surface area contributed by atoms with Crippen molar-refractivity contribution in [3.63, 3.8) is 0 Å². The summed E-state index contributed by atoms with van der Waals surface area (Å²) in [5.41, 5.74) is 0.673. The maximum atomic E-state index is 13.0. The van der Waals surface area contributed by atoms with Gasteiger partial charge >= 0.3 is 12.1 Å². The molecule has 1 aromatic carbocycles. The summed E-state index contributed by atoms with van der Waals surface area (Å²) in [5.74, 6) is -5.96. The van der Waals surface area contributed by atoms with Gasteiger partial charge in [-0.15, -0.1) is 0 Å². The zero-order valence-electron chi connectivity index (χ0n) is 12.1. The number of hydrogen-bond donors (Lipinski definition) is 2. The summed E-state index contributed by atoms with van der Waals surface area (Å²) in [4.78, 5) is 27.3. The van der Waals surface area contributed by atoms with Crippen LogP contribution >= 0.6 is 11.6 Å². The second kappa shape index (κ2) is 5.70. The van der Waals surface area contributed by atoms with Crippen molar-refractivity contribution in [3.05, 3.63) is 35.0 Å². The molecule has 1 aliphatic heterocycles. The highest BCUT2D eigenvalue weighted by molar-refractivity contribution is 6.31. The average molecular weight is 361 g/mol. The van der Waals surface area contributed by atoms with Crippen LogP contribution in [0.1, 0.15) is 10.5 Å². The molecule has 5 nitrogen and oxygen atoms in total. The van der Waals surface area contributed by atoms with E-state index in [4.69, 9.17) is 16.7 Å². The van der Waals surface area contributed by atoms with Crippen LogP contribution in [0, 0.1) is 11.8 Å². The number of carbonyl (C=O) groups excluding carboxylic acids is 1. The van der Waals surface area contributed by atoms with Crippen molar-refractivity contribution in [1.82, 2.24) is 9.88 Å². The van der Waals surface area contributed by atoms with Crippen LogP contribution in [0.3, 0.4) is 0 Å². The van der Waals surface area contributed by atoms with E-state index in [0.717, 1.165) is 4.90 Å². The van der Waals surface area contributed by atoms with Crippen LogP contribution in [0.2, 0.25) is 5.02 Å². The van der Waals surface area contributed by atoms with Gasteiger partial charge in [0.1, 0.15) is 5.69 Å². The minimum absolute atomic E-state index is 0.0965. The van der Waals surface area contributed by atoms with Gasteiger partial charge in [-0.25, -0.2) is 0 Å². The van der Waals surface area contributed by atoms with Gasteiger partial charge in [-0.3, -0.25) is 9.59 Å². The molecule has 2 N–H and O–H groups in total. The van der Waals surface area contributed by atoms with Crippen LogP contribution < -0.4 is 0 Å². The first kappa shape index (κ1) is 16.6. The molecule has 2 aromatic rings. The van der Waals surface area contributed by atoms with Crippen LogP contribution in [0.5, 0.6) is 0 Å². The number of nitrogens with one attached hydrogen (secondary N) is 1. The van der Waals surface area contributed by atoms with E-state index < -0.39 is 43.0 Å². The van der Waals surface area contributed by atoms with Gasteiger partial charge in [-0.05, 0) is 18.2 Å². The molecule has 0 aliphatic carbocycles. The standard InChI is InChI=1S/C15H12ClF3N2O3/c16-8-2-1-7-3-12(20-11(7)4-8)13(22)21-5-9(14(23)24)10(6-21)15(17,18)19/h1-4,9-10,20H,5-6H2,(H,23,24)/t9-,10-/m1/s1. The number of aliphatic carboxylic acids is 1. The summed E-state index contributed by atoms with van der Waals surface area (Å²) >= 11 is 5.85. The summed E-state index contributed by atoms with van der Waals surface area (Å²) in [5, 5.41) is 10.1. The third-order valence-electron chi connectivity index (χ3n) is 4.16. The van der Waals surface area contributed by atoms with E-state index >= 15 is 0 Å². The summed E-state index contributed by atoms with van der Waals surface area (Å²) in [6.07, 6.45) is -4.67. The number of halogens is 4. The molecule has 0 saturated carbocycles. The molecule has 1 saturated heterocycles. The highest BCUT2D eigenvalue weighted by Crippen LogP contribution is 2.38. The van der Waals surface area contributed by atoms with E-state index in [1.165, 1.54) is 6.07 Å². The fourth-order valence-electron chi connectivity index (χ4n) is 2.94. The van der Waals surface area contributed by atoms with Crippen molar-refractivity contribution in [3.8, 4) is 0 Å². The largest absolute Gasteiger partial charge is 0.481 e. The van der Waals surface area contributed by atoms with Crippen molar-refractivity contribution >= 4 is 34.4 Å². The molecule has 1 aromatic heterocycles. The predicted octanol–water partition coefficient (Wildman–Crippen LogP) is 3.16. The Morgan fingerprint density at radius 1 is 1.25 bits per heavy atom. The van der Waals surface area contributed by atoms with Gasteiger partial charge in [-0.1, -0.05) is 17.7 Å². The lowest BCUT2D eigenvalue weighted by Gasteiger charge is -2.18. The van der Waals surface area contributed by atoms with Gasteiger partial charge in [0.05, 0.1) is 11.8 Å². The van der Waals surface area contributed by atoms with Crippen LogP contribution in [-0.4, -0.2) is 46.1 Å². The van der Waals surface area contributed by atoms with Crippen molar-refractivity contribution in [2.24, 2.45) is 11.8 Å². The van der Waals surface area contributed by atoms with E-state index in [0.29, 0.717) is 15.9 Å². The number of hydrogen-bond acceptors (Lipinski definition) is 2. The van der Waals surface area contributed by atoms with Crippen molar-refractivity contribution in [2.45, 2.75) is 6.18 Å². The van der Waals surface area contributed by atoms with Gasteiger partial charge in [0.15, 0.2) is 0 Å². The number of fused-ring (bicyclic) bond motifs is 1. The summed E-state index contributed by atoms with van der Waals surface area (Å²) in [6, 6.07) is 6.40. The second-order valence-corrected chi connectivity index (χ2v) is 6.15. The molecule has 0 unspecified atom stereocenters. The molecule has 2 heterocycles. The Morgan fingerprint density at radius 3 is 2.54 bits per heavy atom. The highest BCUT2D eigenvalue weighted by atomic mass is 35.5. The van der Waals surface area contributed by atoms with Crippen LogP contribution in [-0.2, 0) is 4.79 Å². The maximum Gasteiger partial charge on any atom is 0.394 e. The SMILES string of the molecule is O=C(O)[C@@H]1CN(C(=O)c2cc3ccc(Cl)cc3[nH]2)C[C@H]1C(F)(F)F. The number of rotatable bonds is 2. The number of H-pyrrole nitrogens is 1. The molecule has 128 valence electrons. The molecule has 3 rings (SSSR count). The average Bonchev–Trinajstić information content (AvgIpc) is 3.09. The molecule has 9 heteroatoms. The zero-order valence-corrected chi connectivity index (χ0v) is 12.9. The monoisotopic (exact) mass is 360 g/mol. The first-order valence-corrected chi connectivity index (χ1v) is 7.41. The number of benzene rings is 1. The summed E-state index contributed by atoms with van der Waals surface area (Å²) in [7, 11) is 0. The Hall–Kier alpha value is -2.22. The topological polar surface area (TPSA) is 73.4 Å².